The Kier molecular flexibility index (Phi) is 7.31. The summed E-state index contributed by atoms with van der Waals surface area (Å²) in [4.78, 5) is 12.6. The van der Waals surface area contributed by atoms with Crippen LogP contribution in [0.15, 0.2) is 46.9 Å². The van der Waals surface area contributed by atoms with E-state index >= 15 is 0 Å². The number of hydrogen-bond acceptors (Lipinski definition) is 3. The second-order valence-electron chi connectivity index (χ2n) is 6.17. The molecule has 0 heterocycles. The van der Waals surface area contributed by atoms with Crippen LogP contribution in [0, 0.1) is 5.92 Å². The summed E-state index contributed by atoms with van der Waals surface area (Å²) < 4.78 is 12.2. The first-order valence-electron chi connectivity index (χ1n) is 8.46. The number of benzene rings is 2. The number of halogens is 1. The Hall–Kier alpha value is -2.01. The minimum atomic E-state index is -0.205. The molecule has 25 heavy (non-hydrogen) atoms. The standard InChI is InChI=1S/C20H24BrNO3/c1-4-11-24-19-10-5-15(21)12-18(19)20(23)22-16-6-8-17(9-7-16)25-13-14(2)3/h5-10,12,14H,4,11,13H2,1-3H3,(H,22,23). The van der Waals surface area contributed by atoms with E-state index in [1.165, 1.54) is 0 Å². The van der Waals surface area contributed by atoms with E-state index in [0.717, 1.165) is 16.6 Å². The number of rotatable bonds is 8. The number of carbonyl (C=O) groups excluding carboxylic acids is 1. The van der Waals surface area contributed by atoms with Gasteiger partial charge in [0.1, 0.15) is 11.5 Å². The Morgan fingerprint density at radius 3 is 2.48 bits per heavy atom. The lowest BCUT2D eigenvalue weighted by Crippen LogP contribution is -2.14. The van der Waals surface area contributed by atoms with Gasteiger partial charge in [-0.1, -0.05) is 36.7 Å². The van der Waals surface area contributed by atoms with Crippen LogP contribution in [0.3, 0.4) is 0 Å². The van der Waals surface area contributed by atoms with E-state index < -0.39 is 0 Å². The molecule has 5 heteroatoms. The normalized spacial score (nSPS) is 10.6. The van der Waals surface area contributed by atoms with Crippen molar-refractivity contribution in [3.63, 3.8) is 0 Å². The van der Waals surface area contributed by atoms with Crippen molar-refractivity contribution < 1.29 is 14.3 Å². The first-order valence-corrected chi connectivity index (χ1v) is 9.25. The zero-order valence-electron chi connectivity index (χ0n) is 14.8. The van der Waals surface area contributed by atoms with Crippen molar-refractivity contribution in [3.05, 3.63) is 52.5 Å². The Balaban J connectivity index is 2.07. The molecular weight excluding hydrogens is 382 g/mol. The predicted molar refractivity (Wildman–Crippen MR) is 105 cm³/mol. The highest BCUT2D eigenvalue weighted by atomic mass is 79.9. The summed E-state index contributed by atoms with van der Waals surface area (Å²) in [6, 6.07) is 12.8. The number of hydrogen-bond donors (Lipinski definition) is 1. The number of nitrogens with one attached hydrogen (secondary N) is 1. The molecule has 134 valence electrons. The van der Waals surface area contributed by atoms with Crippen LogP contribution in [0.1, 0.15) is 37.6 Å². The van der Waals surface area contributed by atoms with Gasteiger partial charge in [-0.05, 0) is 54.8 Å². The Bertz CT molecular complexity index is 699. The van der Waals surface area contributed by atoms with Gasteiger partial charge in [0, 0.05) is 10.2 Å². The molecule has 0 aliphatic heterocycles. The second-order valence-corrected chi connectivity index (χ2v) is 7.09. The highest BCUT2D eigenvalue weighted by Crippen LogP contribution is 2.25. The van der Waals surface area contributed by atoms with Crippen LogP contribution in [0.5, 0.6) is 11.5 Å². The van der Waals surface area contributed by atoms with Gasteiger partial charge >= 0.3 is 0 Å². The van der Waals surface area contributed by atoms with E-state index in [4.69, 9.17) is 9.47 Å². The molecule has 0 saturated heterocycles. The summed E-state index contributed by atoms with van der Waals surface area (Å²) in [5, 5.41) is 2.90. The molecule has 0 aliphatic carbocycles. The van der Waals surface area contributed by atoms with Crippen molar-refractivity contribution in [2.24, 2.45) is 5.92 Å². The molecule has 0 saturated carbocycles. The number of amides is 1. The molecule has 0 fully saturated rings. The minimum Gasteiger partial charge on any atom is -0.493 e. The largest absolute Gasteiger partial charge is 0.493 e. The van der Waals surface area contributed by atoms with E-state index in [1.54, 1.807) is 12.1 Å². The Morgan fingerprint density at radius 1 is 1.12 bits per heavy atom. The highest BCUT2D eigenvalue weighted by Gasteiger charge is 2.14. The van der Waals surface area contributed by atoms with E-state index in [1.807, 2.05) is 37.3 Å². The SMILES string of the molecule is CCCOc1ccc(Br)cc1C(=O)Nc1ccc(OCC(C)C)cc1. The van der Waals surface area contributed by atoms with Crippen molar-refractivity contribution in [1.29, 1.82) is 0 Å². The molecule has 4 nitrogen and oxygen atoms in total. The van der Waals surface area contributed by atoms with Gasteiger partial charge < -0.3 is 14.8 Å². The second kappa shape index (κ2) is 9.47. The summed E-state index contributed by atoms with van der Waals surface area (Å²) >= 11 is 3.40. The third-order valence-corrected chi connectivity index (χ3v) is 3.84. The van der Waals surface area contributed by atoms with E-state index in [-0.39, 0.29) is 5.91 Å². The molecule has 0 radical (unpaired) electrons. The molecule has 0 unspecified atom stereocenters. The van der Waals surface area contributed by atoms with Crippen molar-refractivity contribution >= 4 is 27.5 Å². The molecule has 0 bridgehead atoms. The maximum Gasteiger partial charge on any atom is 0.259 e. The summed E-state index contributed by atoms with van der Waals surface area (Å²) in [6.45, 7) is 7.47. The lowest BCUT2D eigenvalue weighted by molar-refractivity contribution is 0.102. The highest BCUT2D eigenvalue weighted by molar-refractivity contribution is 9.10. The molecular formula is C20H24BrNO3. The number of anilines is 1. The summed E-state index contributed by atoms with van der Waals surface area (Å²) in [7, 11) is 0. The summed E-state index contributed by atoms with van der Waals surface area (Å²) in [5.74, 6) is 1.64. The van der Waals surface area contributed by atoms with Gasteiger partial charge in [0.05, 0.1) is 18.8 Å². The zero-order chi connectivity index (χ0) is 18.2. The fourth-order valence-electron chi connectivity index (χ4n) is 2.11. The molecule has 0 aliphatic rings. The fraction of sp³-hybridized carbons (Fsp3) is 0.350. The third-order valence-electron chi connectivity index (χ3n) is 3.34. The maximum atomic E-state index is 12.6. The van der Waals surface area contributed by atoms with E-state index in [9.17, 15) is 4.79 Å². The quantitative estimate of drug-likeness (QED) is 0.628. The molecule has 2 aromatic rings. The Labute approximate surface area is 157 Å². The monoisotopic (exact) mass is 405 g/mol. The molecule has 2 aromatic carbocycles. The number of ether oxygens (including phenoxy) is 2. The first kappa shape index (κ1) is 19.3. The van der Waals surface area contributed by atoms with Crippen LogP contribution in [0.25, 0.3) is 0 Å². The predicted octanol–water partition coefficient (Wildman–Crippen LogP) is 5.53. The smallest absolute Gasteiger partial charge is 0.259 e. The van der Waals surface area contributed by atoms with E-state index in [0.29, 0.717) is 36.1 Å². The van der Waals surface area contributed by atoms with Gasteiger partial charge in [0.2, 0.25) is 0 Å². The van der Waals surface area contributed by atoms with Gasteiger partial charge in [0.25, 0.3) is 5.91 Å². The van der Waals surface area contributed by atoms with Crippen LogP contribution in [0.4, 0.5) is 5.69 Å². The lowest BCUT2D eigenvalue weighted by Gasteiger charge is -2.12. The molecule has 2 rings (SSSR count). The zero-order valence-corrected chi connectivity index (χ0v) is 16.4. The van der Waals surface area contributed by atoms with Crippen molar-refractivity contribution in [2.45, 2.75) is 27.2 Å². The lowest BCUT2D eigenvalue weighted by atomic mass is 10.2. The minimum absolute atomic E-state index is 0.205. The fourth-order valence-corrected chi connectivity index (χ4v) is 2.47. The molecule has 0 atom stereocenters. The maximum absolute atomic E-state index is 12.6. The van der Waals surface area contributed by atoms with Gasteiger partial charge in [-0.15, -0.1) is 0 Å². The van der Waals surface area contributed by atoms with Crippen molar-refractivity contribution in [2.75, 3.05) is 18.5 Å². The van der Waals surface area contributed by atoms with E-state index in [2.05, 4.69) is 35.1 Å². The first-order chi connectivity index (χ1) is 12.0. The summed E-state index contributed by atoms with van der Waals surface area (Å²) in [5.41, 5.74) is 1.21. The average Bonchev–Trinajstić information content (AvgIpc) is 2.60. The van der Waals surface area contributed by atoms with Crippen LogP contribution in [-0.2, 0) is 0 Å². The van der Waals surface area contributed by atoms with Crippen molar-refractivity contribution in [1.82, 2.24) is 0 Å². The van der Waals surface area contributed by atoms with Crippen LogP contribution in [-0.4, -0.2) is 19.1 Å². The summed E-state index contributed by atoms with van der Waals surface area (Å²) in [6.07, 6.45) is 0.884. The van der Waals surface area contributed by atoms with Crippen LogP contribution >= 0.6 is 15.9 Å². The van der Waals surface area contributed by atoms with Gasteiger partial charge in [-0.3, -0.25) is 4.79 Å². The average molecular weight is 406 g/mol. The molecule has 0 spiro atoms. The Morgan fingerprint density at radius 2 is 1.84 bits per heavy atom. The van der Waals surface area contributed by atoms with Gasteiger partial charge in [-0.2, -0.15) is 0 Å². The van der Waals surface area contributed by atoms with Crippen molar-refractivity contribution in [3.8, 4) is 11.5 Å². The van der Waals surface area contributed by atoms with Crippen LogP contribution < -0.4 is 14.8 Å². The van der Waals surface area contributed by atoms with Gasteiger partial charge in [-0.25, -0.2) is 0 Å². The van der Waals surface area contributed by atoms with Crippen LogP contribution in [0.2, 0.25) is 0 Å². The molecule has 1 amide bonds. The van der Waals surface area contributed by atoms with Gasteiger partial charge in [0.15, 0.2) is 0 Å². The topological polar surface area (TPSA) is 47.6 Å². The third kappa shape index (κ3) is 6.09. The number of carbonyl (C=O) groups is 1. The molecule has 1 N–H and O–H groups in total. The molecule has 0 aromatic heterocycles.